The van der Waals surface area contributed by atoms with Gasteiger partial charge in [0.1, 0.15) is 11.1 Å². The third-order valence-corrected chi connectivity index (χ3v) is 10.5. The monoisotopic (exact) mass is 476 g/mol. The van der Waals surface area contributed by atoms with Crippen molar-refractivity contribution in [3.63, 3.8) is 0 Å². The van der Waals surface area contributed by atoms with E-state index in [1.165, 1.54) is 0 Å². The van der Waals surface area contributed by atoms with Gasteiger partial charge in [-0.2, -0.15) is 0 Å². The molecule has 1 unspecified atom stereocenters. The summed E-state index contributed by atoms with van der Waals surface area (Å²) in [5.74, 6) is 1.68. The van der Waals surface area contributed by atoms with Gasteiger partial charge in [-0.3, -0.25) is 14.5 Å². The number of likely N-dealkylation sites (N-methyl/N-ethyl adjacent to an activating group) is 1. The van der Waals surface area contributed by atoms with E-state index in [2.05, 4.69) is 37.4 Å². The highest BCUT2D eigenvalue weighted by Gasteiger charge is 2.81. The van der Waals surface area contributed by atoms with Crippen LogP contribution >= 0.6 is 0 Å². The van der Waals surface area contributed by atoms with Crippen LogP contribution in [0.25, 0.3) is 0 Å². The first-order chi connectivity index (χ1) is 16.4. The number of piperidine rings is 2. The standard InChI is InChI=1S/C28H34N3O4/c1-16-9-13-31-21-25(4,5)27(15-26(21)10-11-28(16,31)23(33)30(26)6)17-7-8-18-20(19(17)29-22(27)32)34-14-12-24(2,3)35-18/h7-8,10,12,14,16,21H,9,11,13,15H2,1-6H3,(H,29,32)/t16-,21?,26+,27+,28+/m0/s1. The Labute approximate surface area is 206 Å². The Hall–Kier alpha value is -2.54. The number of carbonyl (C=O) groups excluding carboxylic acids is 2. The summed E-state index contributed by atoms with van der Waals surface area (Å²) in [4.78, 5) is 32.5. The number of hydrogen-bond donors (Lipinski definition) is 1. The molecule has 7 nitrogen and oxygen atoms in total. The lowest BCUT2D eigenvalue weighted by molar-refractivity contribution is -0.181. The first kappa shape index (κ1) is 21.7. The first-order valence-electron chi connectivity index (χ1n) is 12.8. The van der Waals surface area contributed by atoms with Gasteiger partial charge < -0.3 is 19.7 Å². The zero-order valence-corrected chi connectivity index (χ0v) is 21.4. The van der Waals surface area contributed by atoms with Crippen LogP contribution < -0.4 is 14.8 Å². The van der Waals surface area contributed by atoms with E-state index in [1.807, 2.05) is 44.0 Å². The molecule has 6 aliphatic heterocycles. The number of fused-ring (bicyclic) bond motifs is 6. The lowest BCUT2D eigenvalue weighted by Crippen LogP contribution is -2.81. The molecule has 7 aliphatic rings. The molecule has 2 amide bonds. The third-order valence-electron chi connectivity index (χ3n) is 10.5. The molecule has 1 radical (unpaired) electrons. The maximum Gasteiger partial charge on any atom is 0.243 e. The summed E-state index contributed by atoms with van der Waals surface area (Å²) in [6.07, 6.45) is 8.25. The number of nitrogens with zero attached hydrogens (tertiary/aromatic N) is 2. The number of hydrogen-bond acceptors (Lipinski definition) is 5. The van der Waals surface area contributed by atoms with Crippen LogP contribution in [0.5, 0.6) is 11.5 Å². The van der Waals surface area contributed by atoms with Crippen molar-refractivity contribution in [3.05, 3.63) is 36.5 Å². The number of amides is 2. The van der Waals surface area contributed by atoms with Crippen LogP contribution in [0.4, 0.5) is 5.69 Å². The van der Waals surface area contributed by atoms with Gasteiger partial charge >= 0.3 is 0 Å². The van der Waals surface area contributed by atoms with E-state index in [0.29, 0.717) is 29.5 Å². The lowest BCUT2D eigenvalue weighted by Gasteiger charge is -2.65. The quantitative estimate of drug-likeness (QED) is 0.619. The molecule has 7 heteroatoms. The Morgan fingerprint density at radius 1 is 1.14 bits per heavy atom. The van der Waals surface area contributed by atoms with Gasteiger partial charge in [-0.05, 0) is 69.7 Å². The average molecular weight is 477 g/mol. The first-order valence-corrected chi connectivity index (χ1v) is 12.8. The maximum absolute atomic E-state index is 14.2. The van der Waals surface area contributed by atoms with Gasteiger partial charge in [-0.25, -0.2) is 0 Å². The van der Waals surface area contributed by atoms with Crippen LogP contribution in [0.1, 0.15) is 59.4 Å². The normalized spacial score (nSPS) is 41.6. The SMILES string of the molecule is C[C@H]1CCN2C3C(C)(C)[C@@]4(C[C@]35[CH]C[C@]12C(=O)N5C)C(=O)Nc1c4ccc2c1OC=CC(C)(C)O2. The molecule has 1 N–H and O–H groups in total. The van der Waals surface area contributed by atoms with E-state index in [0.717, 1.165) is 24.9 Å². The number of nitrogens with one attached hydrogen (secondary N) is 1. The number of piperazine rings is 1. The highest BCUT2D eigenvalue weighted by molar-refractivity contribution is 6.10. The molecule has 185 valence electrons. The fraction of sp³-hybridized carbons (Fsp3) is 0.607. The smallest absolute Gasteiger partial charge is 0.243 e. The highest BCUT2D eigenvalue weighted by atomic mass is 16.5. The Kier molecular flexibility index (Phi) is 3.75. The third kappa shape index (κ3) is 2.12. The van der Waals surface area contributed by atoms with Crippen LogP contribution in [-0.2, 0) is 15.0 Å². The number of anilines is 1. The summed E-state index contributed by atoms with van der Waals surface area (Å²) in [5.41, 5.74) is -1.07. The highest BCUT2D eigenvalue weighted by Crippen LogP contribution is 2.71. The molecule has 0 aromatic heterocycles. The van der Waals surface area contributed by atoms with Crippen LogP contribution in [0, 0.1) is 17.8 Å². The number of benzene rings is 1. The molecule has 8 rings (SSSR count). The van der Waals surface area contributed by atoms with Crippen LogP contribution in [0.2, 0.25) is 0 Å². The fourth-order valence-electron chi connectivity index (χ4n) is 8.84. The second-order valence-corrected chi connectivity index (χ2v) is 12.7. The van der Waals surface area contributed by atoms with E-state index in [9.17, 15) is 9.59 Å². The molecular weight excluding hydrogens is 442 g/mol. The maximum atomic E-state index is 14.2. The summed E-state index contributed by atoms with van der Waals surface area (Å²) in [6, 6.07) is 4.04. The number of ether oxygens (including phenoxy) is 2. The van der Waals surface area contributed by atoms with Gasteiger partial charge in [-0.15, -0.1) is 0 Å². The summed E-state index contributed by atoms with van der Waals surface area (Å²) < 4.78 is 12.3. The van der Waals surface area contributed by atoms with Crippen LogP contribution in [-0.4, -0.2) is 57.9 Å². The van der Waals surface area contributed by atoms with Crippen molar-refractivity contribution in [1.82, 2.24) is 9.80 Å². The van der Waals surface area contributed by atoms with Crippen molar-refractivity contribution in [2.75, 3.05) is 18.9 Å². The Morgan fingerprint density at radius 3 is 2.69 bits per heavy atom. The van der Waals surface area contributed by atoms with Gasteiger partial charge in [0.2, 0.25) is 11.8 Å². The van der Waals surface area contributed by atoms with E-state index >= 15 is 0 Å². The Bertz CT molecular complexity index is 1240. The van der Waals surface area contributed by atoms with Gasteiger partial charge in [0.05, 0.1) is 22.9 Å². The number of rotatable bonds is 0. The molecule has 1 saturated carbocycles. The minimum atomic E-state index is -0.797. The predicted molar refractivity (Wildman–Crippen MR) is 131 cm³/mol. The zero-order valence-electron chi connectivity index (χ0n) is 21.4. The zero-order chi connectivity index (χ0) is 24.8. The number of carbonyl (C=O) groups is 2. The molecule has 1 aromatic carbocycles. The minimum Gasteiger partial charge on any atom is -0.480 e. The summed E-state index contributed by atoms with van der Waals surface area (Å²) >= 11 is 0. The predicted octanol–water partition coefficient (Wildman–Crippen LogP) is 3.64. The summed E-state index contributed by atoms with van der Waals surface area (Å²) in [6.45, 7) is 11.5. The fourth-order valence-corrected chi connectivity index (χ4v) is 8.84. The van der Waals surface area contributed by atoms with Crippen molar-refractivity contribution in [1.29, 1.82) is 0 Å². The van der Waals surface area contributed by atoms with Crippen molar-refractivity contribution < 1.29 is 19.1 Å². The van der Waals surface area contributed by atoms with E-state index < -0.39 is 27.5 Å². The molecule has 5 fully saturated rings. The molecule has 3 spiro atoms. The van der Waals surface area contributed by atoms with Crippen molar-refractivity contribution >= 4 is 17.5 Å². The van der Waals surface area contributed by atoms with Crippen molar-refractivity contribution in [2.45, 2.75) is 82.0 Å². The van der Waals surface area contributed by atoms with Gasteiger partial charge in [-0.1, -0.05) is 26.8 Å². The summed E-state index contributed by atoms with van der Waals surface area (Å²) in [7, 11) is 1.96. The molecule has 1 aliphatic carbocycles. The molecule has 6 heterocycles. The summed E-state index contributed by atoms with van der Waals surface area (Å²) in [5, 5.41) is 3.21. The van der Waals surface area contributed by atoms with Crippen LogP contribution in [0.15, 0.2) is 24.5 Å². The lowest BCUT2D eigenvalue weighted by atomic mass is 9.61. The van der Waals surface area contributed by atoms with Crippen molar-refractivity contribution in [2.24, 2.45) is 11.3 Å². The van der Waals surface area contributed by atoms with Crippen LogP contribution in [0.3, 0.4) is 0 Å². The minimum absolute atomic E-state index is 0.00949. The second-order valence-electron chi connectivity index (χ2n) is 12.7. The van der Waals surface area contributed by atoms with Gasteiger partial charge in [0, 0.05) is 18.5 Å². The van der Waals surface area contributed by atoms with E-state index in [1.54, 1.807) is 6.26 Å². The van der Waals surface area contributed by atoms with Gasteiger partial charge in [0.25, 0.3) is 0 Å². The molecule has 4 saturated heterocycles. The van der Waals surface area contributed by atoms with Crippen molar-refractivity contribution in [3.8, 4) is 11.5 Å². The van der Waals surface area contributed by atoms with Gasteiger partial charge in [0.15, 0.2) is 11.5 Å². The molecule has 35 heavy (non-hydrogen) atoms. The largest absolute Gasteiger partial charge is 0.480 e. The Balaban J connectivity index is 1.44. The van der Waals surface area contributed by atoms with E-state index in [4.69, 9.17) is 9.47 Å². The molecule has 2 bridgehead atoms. The topological polar surface area (TPSA) is 71.1 Å². The second kappa shape index (κ2) is 6.05. The van der Waals surface area contributed by atoms with E-state index in [-0.39, 0.29) is 17.9 Å². The average Bonchev–Trinajstić information content (AvgIpc) is 3.30. The molecule has 1 aromatic rings. The molecule has 5 atom stereocenters. The Morgan fingerprint density at radius 2 is 1.91 bits per heavy atom. The molecular formula is C28H34N3O4.